The second kappa shape index (κ2) is 7.88. The summed E-state index contributed by atoms with van der Waals surface area (Å²) < 4.78 is 11.4. The second-order valence-corrected chi connectivity index (χ2v) is 6.67. The Bertz CT molecular complexity index is 941. The van der Waals surface area contributed by atoms with Gasteiger partial charge in [-0.3, -0.25) is 4.79 Å². The Hall–Kier alpha value is -2.38. The molecule has 0 saturated carbocycles. The molecule has 2 aromatic carbocycles. The molecule has 0 saturated heterocycles. The predicted octanol–water partition coefficient (Wildman–Crippen LogP) is 5.11. The molecule has 1 amide bonds. The number of hydrogen-bond donors (Lipinski definition) is 1. The van der Waals surface area contributed by atoms with Gasteiger partial charge in [0.2, 0.25) is 0 Å². The maximum Gasteiger partial charge on any atom is 0.257 e. The van der Waals surface area contributed by atoms with E-state index in [9.17, 15) is 4.79 Å². The molecule has 6 nitrogen and oxygen atoms in total. The third kappa shape index (κ3) is 4.05. The Balaban J connectivity index is 1.82. The molecule has 8 heteroatoms. The van der Waals surface area contributed by atoms with E-state index < -0.39 is 0 Å². The molecular formula is C18H15BrClN3O3. The lowest BCUT2D eigenvalue weighted by atomic mass is 10.1. The first-order valence-electron chi connectivity index (χ1n) is 7.82. The van der Waals surface area contributed by atoms with E-state index in [-0.39, 0.29) is 5.91 Å². The van der Waals surface area contributed by atoms with Gasteiger partial charge < -0.3 is 14.6 Å². The average molecular weight is 437 g/mol. The molecule has 0 spiro atoms. The van der Waals surface area contributed by atoms with Gasteiger partial charge in [-0.05, 0) is 66.2 Å². The first kappa shape index (κ1) is 18.4. The Kier molecular flexibility index (Phi) is 5.58. The molecule has 134 valence electrons. The van der Waals surface area contributed by atoms with Crippen LogP contribution in [0.3, 0.4) is 0 Å². The lowest BCUT2D eigenvalue weighted by Crippen LogP contribution is -2.13. The molecule has 1 aromatic heterocycles. The maximum absolute atomic E-state index is 12.6. The molecule has 0 bridgehead atoms. The molecule has 3 rings (SSSR count). The van der Waals surface area contributed by atoms with Gasteiger partial charge in [-0.2, -0.15) is 4.98 Å². The quantitative estimate of drug-likeness (QED) is 0.601. The average Bonchev–Trinajstić information content (AvgIpc) is 3.04. The molecule has 0 aliphatic carbocycles. The zero-order valence-corrected chi connectivity index (χ0v) is 16.4. The third-order valence-electron chi connectivity index (χ3n) is 3.47. The highest BCUT2D eigenvalue weighted by molar-refractivity contribution is 9.10. The lowest BCUT2D eigenvalue weighted by Gasteiger charge is -2.14. The number of ether oxygens (including phenoxy) is 1. The Morgan fingerprint density at radius 1 is 1.31 bits per heavy atom. The number of rotatable bonds is 5. The molecule has 1 N–H and O–H groups in total. The van der Waals surface area contributed by atoms with Gasteiger partial charge >= 0.3 is 0 Å². The van der Waals surface area contributed by atoms with E-state index in [1.165, 1.54) is 0 Å². The van der Waals surface area contributed by atoms with E-state index in [1.54, 1.807) is 43.3 Å². The predicted molar refractivity (Wildman–Crippen MR) is 103 cm³/mol. The van der Waals surface area contributed by atoms with Gasteiger partial charge in [0.25, 0.3) is 11.8 Å². The van der Waals surface area contributed by atoms with Crippen molar-refractivity contribution in [3.63, 3.8) is 0 Å². The van der Waals surface area contributed by atoms with E-state index in [0.717, 1.165) is 5.56 Å². The smallest absolute Gasteiger partial charge is 0.257 e. The van der Waals surface area contributed by atoms with Crippen LogP contribution in [0.15, 0.2) is 45.4 Å². The SMILES string of the molecule is CCOc1c(Br)cc(Cl)cc1NC(=O)c1ccc(-c2nc(C)no2)cc1. The number of carbonyl (C=O) groups is 1. The van der Waals surface area contributed by atoms with Gasteiger partial charge in [-0.25, -0.2) is 0 Å². The minimum Gasteiger partial charge on any atom is -0.491 e. The van der Waals surface area contributed by atoms with E-state index in [2.05, 4.69) is 31.4 Å². The molecule has 0 radical (unpaired) electrons. The number of hydrogen-bond acceptors (Lipinski definition) is 5. The zero-order chi connectivity index (χ0) is 18.7. The molecule has 0 aliphatic rings. The van der Waals surface area contributed by atoms with Crippen molar-refractivity contribution in [2.24, 2.45) is 0 Å². The lowest BCUT2D eigenvalue weighted by molar-refractivity contribution is 0.102. The van der Waals surface area contributed by atoms with Crippen molar-refractivity contribution >= 4 is 39.1 Å². The normalized spacial score (nSPS) is 10.6. The maximum atomic E-state index is 12.6. The summed E-state index contributed by atoms with van der Waals surface area (Å²) in [5.41, 5.74) is 1.71. The van der Waals surface area contributed by atoms with Gasteiger partial charge in [-0.1, -0.05) is 16.8 Å². The summed E-state index contributed by atoms with van der Waals surface area (Å²) in [5, 5.41) is 7.06. The first-order chi connectivity index (χ1) is 12.5. The Morgan fingerprint density at radius 2 is 2.04 bits per heavy atom. The number of aryl methyl sites for hydroxylation is 1. The summed E-state index contributed by atoms with van der Waals surface area (Å²) in [7, 11) is 0. The van der Waals surface area contributed by atoms with Crippen LogP contribution in [0.25, 0.3) is 11.5 Å². The molecule has 26 heavy (non-hydrogen) atoms. The van der Waals surface area contributed by atoms with Crippen molar-refractivity contribution in [3.8, 4) is 17.2 Å². The van der Waals surface area contributed by atoms with Crippen LogP contribution in [0, 0.1) is 6.92 Å². The summed E-state index contributed by atoms with van der Waals surface area (Å²) in [6, 6.07) is 10.2. The second-order valence-electron chi connectivity index (χ2n) is 5.38. The van der Waals surface area contributed by atoms with Crippen LogP contribution in [-0.4, -0.2) is 22.7 Å². The number of benzene rings is 2. The van der Waals surface area contributed by atoms with Crippen molar-refractivity contribution in [1.29, 1.82) is 0 Å². The van der Waals surface area contributed by atoms with Crippen LogP contribution in [0.2, 0.25) is 5.02 Å². The van der Waals surface area contributed by atoms with Crippen molar-refractivity contribution in [3.05, 3.63) is 57.3 Å². The summed E-state index contributed by atoms with van der Waals surface area (Å²) >= 11 is 9.48. The standard InChI is InChI=1S/C18H15BrClN3O3/c1-3-25-16-14(19)8-13(20)9-15(16)22-17(24)11-4-6-12(7-5-11)18-21-10(2)23-26-18/h4-9H,3H2,1-2H3,(H,22,24). The van der Waals surface area contributed by atoms with Gasteiger partial charge in [0.15, 0.2) is 11.6 Å². The molecule has 1 heterocycles. The van der Waals surface area contributed by atoms with Crippen LogP contribution in [-0.2, 0) is 0 Å². The van der Waals surface area contributed by atoms with E-state index in [4.69, 9.17) is 20.9 Å². The number of nitrogens with one attached hydrogen (secondary N) is 1. The molecular weight excluding hydrogens is 422 g/mol. The fourth-order valence-corrected chi connectivity index (χ4v) is 3.24. The fourth-order valence-electron chi connectivity index (χ4n) is 2.32. The van der Waals surface area contributed by atoms with E-state index in [1.807, 2.05) is 6.92 Å². The number of amides is 1. The van der Waals surface area contributed by atoms with Crippen molar-refractivity contribution in [1.82, 2.24) is 10.1 Å². The van der Waals surface area contributed by atoms with Gasteiger partial charge in [0.05, 0.1) is 16.8 Å². The Labute approximate surface area is 163 Å². The van der Waals surface area contributed by atoms with E-state index >= 15 is 0 Å². The molecule has 0 unspecified atom stereocenters. The van der Waals surface area contributed by atoms with Crippen LogP contribution in [0.1, 0.15) is 23.1 Å². The van der Waals surface area contributed by atoms with Gasteiger partial charge in [-0.15, -0.1) is 0 Å². The highest BCUT2D eigenvalue weighted by atomic mass is 79.9. The van der Waals surface area contributed by atoms with Crippen LogP contribution in [0.5, 0.6) is 5.75 Å². The molecule has 0 aliphatic heterocycles. The van der Waals surface area contributed by atoms with Crippen LogP contribution >= 0.6 is 27.5 Å². The minimum absolute atomic E-state index is 0.284. The number of aromatic nitrogens is 2. The van der Waals surface area contributed by atoms with Crippen LogP contribution in [0.4, 0.5) is 5.69 Å². The Morgan fingerprint density at radius 3 is 2.65 bits per heavy atom. The van der Waals surface area contributed by atoms with Crippen LogP contribution < -0.4 is 10.1 Å². The summed E-state index contributed by atoms with van der Waals surface area (Å²) in [5.74, 6) is 1.21. The molecule has 3 aromatic rings. The number of anilines is 1. The topological polar surface area (TPSA) is 77.2 Å². The highest BCUT2D eigenvalue weighted by Crippen LogP contribution is 2.37. The monoisotopic (exact) mass is 435 g/mol. The number of carbonyl (C=O) groups excluding carboxylic acids is 1. The summed E-state index contributed by atoms with van der Waals surface area (Å²) in [4.78, 5) is 16.7. The molecule has 0 fully saturated rings. The highest BCUT2D eigenvalue weighted by Gasteiger charge is 2.15. The van der Waals surface area contributed by atoms with Crippen molar-refractivity contribution < 1.29 is 14.1 Å². The first-order valence-corrected chi connectivity index (χ1v) is 8.99. The largest absolute Gasteiger partial charge is 0.491 e. The van der Waals surface area contributed by atoms with Gasteiger partial charge in [0.1, 0.15) is 0 Å². The van der Waals surface area contributed by atoms with Gasteiger partial charge in [0, 0.05) is 16.1 Å². The fraction of sp³-hybridized carbons (Fsp3) is 0.167. The van der Waals surface area contributed by atoms with E-state index in [0.29, 0.717) is 44.8 Å². The van der Waals surface area contributed by atoms with Crippen molar-refractivity contribution in [2.75, 3.05) is 11.9 Å². The zero-order valence-electron chi connectivity index (χ0n) is 14.0. The minimum atomic E-state index is -0.284. The number of nitrogens with zero attached hydrogens (tertiary/aromatic N) is 2. The summed E-state index contributed by atoms with van der Waals surface area (Å²) in [6.07, 6.45) is 0. The molecule has 0 atom stereocenters. The number of halogens is 2. The third-order valence-corrected chi connectivity index (χ3v) is 4.27. The summed E-state index contributed by atoms with van der Waals surface area (Å²) in [6.45, 7) is 4.07. The van der Waals surface area contributed by atoms with Crippen molar-refractivity contribution in [2.45, 2.75) is 13.8 Å².